The molecule has 136 valence electrons. The Labute approximate surface area is 159 Å². The van der Waals surface area contributed by atoms with E-state index in [9.17, 15) is 0 Å². The van der Waals surface area contributed by atoms with Gasteiger partial charge in [-0.3, -0.25) is 0 Å². The molecule has 0 unspecified atom stereocenters. The molecule has 0 heterocycles. The van der Waals surface area contributed by atoms with E-state index in [-0.39, 0.29) is 0 Å². The highest BCUT2D eigenvalue weighted by atomic mass is 32.2. The van der Waals surface area contributed by atoms with E-state index in [1.165, 1.54) is 72.3 Å². The smallest absolute Gasteiger partial charge is 0.0151 e. The summed E-state index contributed by atoms with van der Waals surface area (Å²) in [5, 5.41) is 0. The Morgan fingerprint density at radius 1 is 0.720 bits per heavy atom. The van der Waals surface area contributed by atoms with E-state index in [0.29, 0.717) is 0 Å². The van der Waals surface area contributed by atoms with Gasteiger partial charge in [-0.15, -0.1) is 0 Å². The molecule has 1 aliphatic rings. The molecule has 2 aromatic carbocycles. The summed E-state index contributed by atoms with van der Waals surface area (Å²) < 4.78 is 0. The van der Waals surface area contributed by atoms with Crippen LogP contribution in [-0.2, 0) is 0 Å². The first-order valence-corrected chi connectivity index (χ1v) is 10.8. The van der Waals surface area contributed by atoms with Gasteiger partial charge in [0.05, 0.1) is 0 Å². The first-order valence-electron chi connectivity index (χ1n) is 9.99. The average molecular weight is 355 g/mol. The molecule has 0 radical (unpaired) electrons. The second-order valence-electron chi connectivity index (χ2n) is 7.25. The maximum Gasteiger partial charge on any atom is 0.0151 e. The maximum absolute atomic E-state index is 2.34. The predicted octanol–water partition coefficient (Wildman–Crippen LogP) is 8.21. The zero-order valence-electron chi connectivity index (χ0n) is 16.3. The van der Waals surface area contributed by atoms with E-state index in [4.69, 9.17) is 0 Å². The quantitative estimate of drug-likeness (QED) is 0.535. The Morgan fingerprint density at radius 3 is 1.60 bits per heavy atom. The van der Waals surface area contributed by atoms with Crippen LogP contribution >= 0.6 is 11.8 Å². The SMILES string of the molecule is CCC1CCCCCCC1.Cc1ccccc1Sc1ccccc1C. The highest BCUT2D eigenvalue weighted by Crippen LogP contribution is 2.31. The minimum atomic E-state index is 1.07. The third-order valence-electron chi connectivity index (χ3n) is 5.21. The molecule has 0 bridgehead atoms. The lowest BCUT2D eigenvalue weighted by Gasteiger charge is -2.17. The first-order chi connectivity index (χ1) is 12.2. The van der Waals surface area contributed by atoms with Crippen LogP contribution in [0.15, 0.2) is 58.3 Å². The molecule has 2 aromatic rings. The van der Waals surface area contributed by atoms with E-state index in [0.717, 1.165) is 5.92 Å². The number of hydrogen-bond acceptors (Lipinski definition) is 1. The summed E-state index contributed by atoms with van der Waals surface area (Å²) in [7, 11) is 0. The molecule has 0 N–H and O–H groups in total. The van der Waals surface area contributed by atoms with Crippen molar-refractivity contribution in [3.8, 4) is 0 Å². The third-order valence-corrected chi connectivity index (χ3v) is 6.57. The fourth-order valence-corrected chi connectivity index (χ4v) is 4.40. The van der Waals surface area contributed by atoms with Crippen LogP contribution in [0.2, 0.25) is 0 Å². The molecule has 0 spiro atoms. The molecule has 1 fully saturated rings. The molecule has 0 aromatic heterocycles. The van der Waals surface area contributed by atoms with Gasteiger partial charge < -0.3 is 0 Å². The van der Waals surface area contributed by atoms with Crippen molar-refractivity contribution >= 4 is 11.8 Å². The summed E-state index contributed by atoms with van der Waals surface area (Å²) in [4.78, 5) is 2.68. The van der Waals surface area contributed by atoms with Crippen LogP contribution in [0.1, 0.15) is 69.4 Å². The lowest BCUT2D eigenvalue weighted by atomic mass is 9.90. The van der Waals surface area contributed by atoms with Crippen LogP contribution in [0.4, 0.5) is 0 Å². The van der Waals surface area contributed by atoms with Gasteiger partial charge >= 0.3 is 0 Å². The Balaban J connectivity index is 0.000000196. The minimum absolute atomic E-state index is 1.07. The summed E-state index contributed by atoms with van der Waals surface area (Å²) in [5.74, 6) is 1.07. The van der Waals surface area contributed by atoms with Crippen molar-refractivity contribution in [3.05, 3.63) is 59.7 Å². The van der Waals surface area contributed by atoms with Gasteiger partial charge in [-0.2, -0.15) is 0 Å². The molecule has 0 nitrogen and oxygen atoms in total. The molecule has 0 amide bonds. The lowest BCUT2D eigenvalue weighted by Crippen LogP contribution is -2.01. The van der Waals surface area contributed by atoms with E-state index in [1.54, 1.807) is 0 Å². The molecule has 0 saturated heterocycles. The second kappa shape index (κ2) is 11.4. The molecular formula is C24H34S. The Bertz CT molecular complexity index is 565. The van der Waals surface area contributed by atoms with Crippen molar-refractivity contribution in [3.63, 3.8) is 0 Å². The van der Waals surface area contributed by atoms with Gasteiger partial charge in [-0.05, 0) is 43.0 Å². The van der Waals surface area contributed by atoms with Crippen LogP contribution in [0, 0.1) is 19.8 Å². The molecule has 1 heteroatoms. The van der Waals surface area contributed by atoms with Crippen molar-refractivity contribution in [1.29, 1.82) is 0 Å². The standard InChI is InChI=1S/C14H14S.C10H20/c1-11-7-3-5-9-13(11)15-14-10-6-4-8-12(14)2;1-2-10-8-6-4-3-5-7-9-10/h3-10H,1-2H3;10H,2-9H2,1H3. The zero-order valence-corrected chi connectivity index (χ0v) is 17.1. The van der Waals surface area contributed by atoms with Gasteiger partial charge in [0.25, 0.3) is 0 Å². The van der Waals surface area contributed by atoms with Gasteiger partial charge in [0.1, 0.15) is 0 Å². The van der Waals surface area contributed by atoms with Crippen molar-refractivity contribution in [2.45, 2.75) is 81.9 Å². The predicted molar refractivity (Wildman–Crippen MR) is 113 cm³/mol. The van der Waals surface area contributed by atoms with Crippen molar-refractivity contribution in [2.75, 3.05) is 0 Å². The number of benzene rings is 2. The van der Waals surface area contributed by atoms with E-state index in [1.807, 2.05) is 11.8 Å². The summed E-state index contributed by atoms with van der Waals surface area (Å²) in [6.45, 7) is 6.65. The van der Waals surface area contributed by atoms with Crippen molar-refractivity contribution in [2.24, 2.45) is 5.92 Å². The van der Waals surface area contributed by atoms with Crippen molar-refractivity contribution in [1.82, 2.24) is 0 Å². The fraction of sp³-hybridized carbons (Fsp3) is 0.500. The van der Waals surface area contributed by atoms with Crippen LogP contribution in [0.5, 0.6) is 0 Å². The third kappa shape index (κ3) is 7.28. The Morgan fingerprint density at radius 2 is 1.16 bits per heavy atom. The summed E-state index contributed by atoms with van der Waals surface area (Å²) in [6, 6.07) is 17.0. The monoisotopic (exact) mass is 354 g/mol. The summed E-state index contributed by atoms with van der Waals surface area (Å²) in [6.07, 6.45) is 11.9. The Hall–Kier alpha value is -1.21. The highest BCUT2D eigenvalue weighted by molar-refractivity contribution is 7.99. The van der Waals surface area contributed by atoms with Crippen molar-refractivity contribution < 1.29 is 0 Å². The van der Waals surface area contributed by atoms with E-state index in [2.05, 4.69) is 69.3 Å². The highest BCUT2D eigenvalue weighted by Gasteiger charge is 2.07. The van der Waals surface area contributed by atoms with Gasteiger partial charge in [0, 0.05) is 9.79 Å². The average Bonchev–Trinajstić information content (AvgIpc) is 2.59. The molecule has 1 aliphatic carbocycles. The molecule has 0 atom stereocenters. The van der Waals surface area contributed by atoms with Gasteiger partial charge in [-0.1, -0.05) is 106 Å². The first kappa shape index (κ1) is 20.1. The lowest BCUT2D eigenvalue weighted by molar-refractivity contribution is 0.369. The Kier molecular flexibility index (Phi) is 9.18. The van der Waals surface area contributed by atoms with Crippen LogP contribution in [0.3, 0.4) is 0 Å². The molecule has 3 rings (SSSR count). The molecular weight excluding hydrogens is 320 g/mol. The van der Waals surface area contributed by atoms with Crippen LogP contribution in [-0.4, -0.2) is 0 Å². The maximum atomic E-state index is 2.34. The number of aryl methyl sites for hydroxylation is 2. The van der Waals surface area contributed by atoms with E-state index >= 15 is 0 Å². The molecule has 0 aliphatic heterocycles. The zero-order chi connectivity index (χ0) is 17.9. The fourth-order valence-electron chi connectivity index (χ4n) is 3.41. The van der Waals surface area contributed by atoms with Crippen LogP contribution < -0.4 is 0 Å². The summed E-state index contributed by atoms with van der Waals surface area (Å²) in [5.41, 5.74) is 2.68. The number of hydrogen-bond donors (Lipinski definition) is 0. The number of rotatable bonds is 3. The van der Waals surface area contributed by atoms with Gasteiger partial charge in [0.2, 0.25) is 0 Å². The minimum Gasteiger partial charge on any atom is -0.0895 e. The topological polar surface area (TPSA) is 0 Å². The van der Waals surface area contributed by atoms with Gasteiger partial charge in [-0.25, -0.2) is 0 Å². The second-order valence-corrected chi connectivity index (χ2v) is 8.34. The normalized spacial score (nSPS) is 15.6. The van der Waals surface area contributed by atoms with E-state index < -0.39 is 0 Å². The van der Waals surface area contributed by atoms with Gasteiger partial charge in [0.15, 0.2) is 0 Å². The molecule has 25 heavy (non-hydrogen) atoms. The largest absolute Gasteiger partial charge is 0.0895 e. The summed E-state index contributed by atoms with van der Waals surface area (Å²) >= 11 is 1.84. The molecule has 1 saturated carbocycles. The van der Waals surface area contributed by atoms with Crippen LogP contribution in [0.25, 0.3) is 0 Å².